The summed E-state index contributed by atoms with van der Waals surface area (Å²) in [5.74, 6) is -10.4. The summed E-state index contributed by atoms with van der Waals surface area (Å²) in [5, 5.41) is 39.4. The second-order valence-corrected chi connectivity index (χ2v) is 18.1. The fourth-order valence-electron chi connectivity index (χ4n) is 6.98. The quantitative estimate of drug-likeness (QED) is 0.0188. The number of rotatable bonds is 34. The van der Waals surface area contributed by atoms with Crippen molar-refractivity contribution in [3.05, 3.63) is 35.9 Å². The van der Waals surface area contributed by atoms with Crippen molar-refractivity contribution in [1.82, 2.24) is 42.5 Å². The first-order valence-corrected chi connectivity index (χ1v) is 23.7. The summed E-state index contributed by atoms with van der Waals surface area (Å²) in [6.45, 7) is 9.38. The predicted molar refractivity (Wildman–Crippen MR) is 262 cm³/mol. The highest BCUT2D eigenvalue weighted by atomic mass is 16.4. The van der Waals surface area contributed by atoms with Crippen LogP contribution in [0.15, 0.2) is 35.3 Å². The van der Waals surface area contributed by atoms with E-state index in [2.05, 4.69) is 47.5 Å². The average Bonchev–Trinajstić information content (AvgIpc) is 3.29. The van der Waals surface area contributed by atoms with Crippen LogP contribution < -0.4 is 65.5 Å². The second kappa shape index (κ2) is 32.8. The summed E-state index contributed by atoms with van der Waals surface area (Å²) in [6.07, 6.45) is 0.323. The number of nitrogens with one attached hydrogen (secondary N) is 8. The van der Waals surface area contributed by atoms with Crippen molar-refractivity contribution < 1.29 is 58.2 Å². The van der Waals surface area contributed by atoms with Crippen LogP contribution in [0.1, 0.15) is 98.5 Å². The summed E-state index contributed by atoms with van der Waals surface area (Å²) in [6, 6.07) is -0.661. The summed E-state index contributed by atoms with van der Waals surface area (Å²) in [7, 11) is 0. The number of aliphatic imine (C=N–C) groups is 1. The Labute approximate surface area is 414 Å². The van der Waals surface area contributed by atoms with Gasteiger partial charge in [0.25, 0.3) is 0 Å². The van der Waals surface area contributed by atoms with E-state index in [1.165, 1.54) is 0 Å². The second-order valence-electron chi connectivity index (χ2n) is 18.1. The van der Waals surface area contributed by atoms with Gasteiger partial charge in [0.1, 0.15) is 42.3 Å². The van der Waals surface area contributed by atoms with E-state index in [0.717, 1.165) is 0 Å². The lowest BCUT2D eigenvalue weighted by molar-refractivity contribution is -0.144. The molecule has 25 heteroatoms. The molecule has 0 saturated heterocycles. The Bertz CT molecular complexity index is 1960. The number of unbranched alkanes of at least 4 members (excludes halogenated alkanes) is 1. The number of hydrogen-bond acceptors (Lipinski definition) is 13. The minimum Gasteiger partial charge on any atom is -0.481 e. The van der Waals surface area contributed by atoms with E-state index in [0.29, 0.717) is 24.9 Å². The third kappa shape index (κ3) is 25.0. The van der Waals surface area contributed by atoms with Crippen LogP contribution in [0.4, 0.5) is 0 Å². The predicted octanol–water partition coefficient (Wildman–Crippen LogP) is -2.81. The number of carbonyl (C=O) groups is 10. The minimum atomic E-state index is -1.53. The number of hydrogen-bond donors (Lipinski definition) is 14. The highest BCUT2D eigenvalue weighted by Gasteiger charge is 2.35. The lowest BCUT2D eigenvalue weighted by Crippen LogP contribution is -2.60. The van der Waals surface area contributed by atoms with Crippen LogP contribution in [0.3, 0.4) is 0 Å². The average molecular weight is 1000 g/mol. The molecule has 8 amide bonds. The van der Waals surface area contributed by atoms with Gasteiger partial charge in [0.05, 0.1) is 13.1 Å². The molecule has 18 N–H and O–H groups in total. The van der Waals surface area contributed by atoms with E-state index in [1.54, 1.807) is 58.0 Å². The first-order chi connectivity index (χ1) is 33.4. The van der Waals surface area contributed by atoms with Crippen LogP contribution in [-0.4, -0.2) is 144 Å². The van der Waals surface area contributed by atoms with Gasteiger partial charge in [-0.05, 0) is 74.8 Å². The molecular weight excluding hydrogens is 927 g/mol. The van der Waals surface area contributed by atoms with Gasteiger partial charge in [-0.3, -0.25) is 48.1 Å². The van der Waals surface area contributed by atoms with Crippen molar-refractivity contribution in [1.29, 1.82) is 0 Å². The molecule has 1 aromatic carbocycles. The third-order valence-corrected chi connectivity index (χ3v) is 10.8. The van der Waals surface area contributed by atoms with E-state index in [-0.39, 0.29) is 57.1 Å². The van der Waals surface area contributed by atoms with Crippen molar-refractivity contribution in [2.24, 2.45) is 45.7 Å². The molecule has 0 radical (unpaired) electrons. The molecule has 0 aliphatic carbocycles. The molecule has 398 valence electrons. The molecule has 0 aliphatic heterocycles. The Morgan fingerprint density at radius 3 is 1.59 bits per heavy atom. The number of aliphatic carboxylic acids is 2. The molecule has 0 spiro atoms. The largest absolute Gasteiger partial charge is 0.481 e. The van der Waals surface area contributed by atoms with Gasteiger partial charge in [0.15, 0.2) is 5.96 Å². The summed E-state index contributed by atoms with van der Waals surface area (Å²) < 4.78 is 0. The number of nitrogens with two attached hydrogens (primary N) is 4. The van der Waals surface area contributed by atoms with Crippen LogP contribution in [-0.2, 0) is 54.4 Å². The zero-order chi connectivity index (χ0) is 53.8. The maximum Gasteiger partial charge on any atom is 0.326 e. The van der Waals surface area contributed by atoms with Gasteiger partial charge in [-0.15, -0.1) is 0 Å². The normalized spacial score (nSPS) is 14.0. The molecule has 7 atom stereocenters. The first kappa shape index (κ1) is 62.1. The third-order valence-electron chi connectivity index (χ3n) is 10.8. The summed E-state index contributed by atoms with van der Waals surface area (Å²) in [4.78, 5) is 135. The Morgan fingerprint density at radius 2 is 1.07 bits per heavy atom. The zero-order valence-electron chi connectivity index (χ0n) is 41.6. The number of carboxylic acid groups (broad SMARTS) is 2. The Kier molecular flexibility index (Phi) is 28.7. The van der Waals surface area contributed by atoms with E-state index < -0.39 is 133 Å². The van der Waals surface area contributed by atoms with E-state index in [4.69, 9.17) is 22.9 Å². The Morgan fingerprint density at radius 1 is 0.563 bits per heavy atom. The summed E-state index contributed by atoms with van der Waals surface area (Å²) >= 11 is 0. The lowest BCUT2D eigenvalue weighted by Gasteiger charge is -2.28. The van der Waals surface area contributed by atoms with Crippen LogP contribution >= 0.6 is 0 Å². The number of carbonyl (C=O) groups excluding carboxylic acids is 8. The van der Waals surface area contributed by atoms with Gasteiger partial charge in [-0.25, -0.2) is 4.79 Å². The van der Waals surface area contributed by atoms with Gasteiger partial charge in [-0.1, -0.05) is 71.9 Å². The molecule has 0 aromatic heterocycles. The molecule has 0 unspecified atom stereocenters. The number of amides is 8. The van der Waals surface area contributed by atoms with Crippen molar-refractivity contribution >= 4 is 65.2 Å². The van der Waals surface area contributed by atoms with Crippen LogP contribution in [0.2, 0.25) is 0 Å². The van der Waals surface area contributed by atoms with Gasteiger partial charge in [0.2, 0.25) is 47.3 Å². The number of carboxylic acids is 2. The molecule has 0 fully saturated rings. The molecule has 0 heterocycles. The Hall–Kier alpha value is -6.89. The first-order valence-electron chi connectivity index (χ1n) is 23.7. The van der Waals surface area contributed by atoms with E-state index in [1.807, 2.05) is 13.8 Å². The maximum atomic E-state index is 14.1. The molecule has 1 aromatic rings. The standard InChI is InChI=1S/C46H77N13O12/c1-25(2)21-32(54-34(60)23-48)42(67)55-29(15-10-11-19-47)39(64)52-24-35(61)53-30(16-12-20-51-46(49)50)40(65)58-37(26(3)4)44(69)57-33(22-28-13-8-7-9-14-28)43(68)56-31(17-18-36(62)63)41(66)59-38(27(5)6)45(70)71/h7-9,13-14,25-27,29-33,37-38H,10-12,15-24,47-48H2,1-6H3,(H,52,64)(H,53,61)(H,54,60)(H,55,67)(H,56,68)(H,57,69)(H,58,65)(H,59,66)(H,62,63)(H,70,71)(H4,49,50,51)/t29-,30-,31-,32-,33-,37-,38-/m0/s1. The van der Waals surface area contributed by atoms with Crippen molar-refractivity contribution in [3.8, 4) is 0 Å². The molecule has 0 bridgehead atoms. The molecular formula is C46H77N13O12. The Balaban J connectivity index is 3.41. The van der Waals surface area contributed by atoms with Crippen LogP contribution in [0.5, 0.6) is 0 Å². The number of guanidine groups is 1. The number of benzene rings is 1. The highest BCUT2D eigenvalue weighted by molar-refractivity contribution is 5.97. The fraction of sp³-hybridized carbons (Fsp3) is 0.630. The lowest BCUT2D eigenvalue weighted by atomic mass is 9.99. The minimum absolute atomic E-state index is 0.0144. The highest BCUT2D eigenvalue weighted by Crippen LogP contribution is 2.12. The fourth-order valence-corrected chi connectivity index (χ4v) is 6.98. The maximum absolute atomic E-state index is 14.1. The van der Waals surface area contributed by atoms with E-state index >= 15 is 0 Å². The molecule has 1 rings (SSSR count). The van der Waals surface area contributed by atoms with Gasteiger partial charge >= 0.3 is 11.9 Å². The monoisotopic (exact) mass is 1000 g/mol. The van der Waals surface area contributed by atoms with Gasteiger partial charge < -0.3 is 75.7 Å². The molecule has 25 nitrogen and oxygen atoms in total. The molecule has 0 aliphatic rings. The van der Waals surface area contributed by atoms with Crippen molar-refractivity contribution in [3.63, 3.8) is 0 Å². The summed E-state index contributed by atoms with van der Waals surface area (Å²) in [5.41, 5.74) is 22.6. The van der Waals surface area contributed by atoms with Gasteiger partial charge in [-0.2, -0.15) is 0 Å². The zero-order valence-corrected chi connectivity index (χ0v) is 41.6. The van der Waals surface area contributed by atoms with Gasteiger partial charge in [0, 0.05) is 19.4 Å². The van der Waals surface area contributed by atoms with Crippen molar-refractivity contribution in [2.45, 2.75) is 142 Å². The molecule has 0 saturated carbocycles. The van der Waals surface area contributed by atoms with Crippen LogP contribution in [0, 0.1) is 17.8 Å². The van der Waals surface area contributed by atoms with Crippen LogP contribution in [0.25, 0.3) is 0 Å². The van der Waals surface area contributed by atoms with Crippen molar-refractivity contribution in [2.75, 3.05) is 26.2 Å². The number of nitrogens with zero attached hydrogens (tertiary/aromatic N) is 1. The smallest absolute Gasteiger partial charge is 0.326 e. The topological polar surface area (TPSA) is 424 Å². The van der Waals surface area contributed by atoms with E-state index in [9.17, 15) is 58.2 Å². The SMILES string of the molecule is CC(C)C[C@H](NC(=O)CN)C(=O)N[C@@H](CCCCN)C(=O)NCC(=O)N[C@@H](CCCN=C(N)N)C(=O)N[C@H](C(=O)N[C@@H](Cc1ccccc1)C(=O)N[C@@H](CCC(=O)O)C(=O)N[C@H](C(=O)O)C(C)C)C(C)C. The molecule has 71 heavy (non-hydrogen) atoms.